The van der Waals surface area contributed by atoms with E-state index < -0.39 is 0 Å². The van der Waals surface area contributed by atoms with Crippen LogP contribution in [0, 0.1) is 0 Å². The van der Waals surface area contributed by atoms with E-state index in [-0.39, 0.29) is 0 Å². The van der Waals surface area contributed by atoms with Crippen LogP contribution >= 0.6 is 0 Å². The van der Waals surface area contributed by atoms with Gasteiger partial charge in [0.05, 0.1) is 0 Å². The van der Waals surface area contributed by atoms with E-state index in [2.05, 4.69) is 24.1 Å². The van der Waals surface area contributed by atoms with Gasteiger partial charge in [0, 0.05) is 24.2 Å². The van der Waals surface area contributed by atoms with Gasteiger partial charge in [-0.05, 0) is 33.7 Å². The molecule has 2 aliphatic rings. The van der Waals surface area contributed by atoms with Gasteiger partial charge >= 0.3 is 0 Å². The van der Waals surface area contributed by atoms with Crippen molar-refractivity contribution in [1.29, 1.82) is 0 Å². The molecule has 2 rings (SSSR count). The van der Waals surface area contributed by atoms with Crippen molar-refractivity contribution in [2.45, 2.75) is 44.3 Å². The predicted molar refractivity (Wildman–Crippen MR) is 46.7 cm³/mol. The third-order valence-corrected chi connectivity index (χ3v) is 3.22. The minimum absolute atomic E-state index is 0.303. The zero-order valence-electron chi connectivity index (χ0n) is 7.72. The summed E-state index contributed by atoms with van der Waals surface area (Å²) in [6, 6.07) is 1.95. The van der Waals surface area contributed by atoms with E-state index in [1.807, 2.05) is 7.05 Å². The predicted octanol–water partition coefficient (Wildman–Crippen LogP) is 0.831. The maximum absolute atomic E-state index is 3.34. The molecule has 2 fully saturated rings. The first-order valence-electron chi connectivity index (χ1n) is 4.59. The summed E-state index contributed by atoms with van der Waals surface area (Å²) in [4.78, 5) is 2.62. The second-order valence-electron chi connectivity index (χ2n) is 4.52. The van der Waals surface area contributed by atoms with E-state index in [1.54, 1.807) is 0 Å². The average molecular weight is 154 g/mol. The lowest BCUT2D eigenvalue weighted by Gasteiger charge is -2.24. The summed E-state index contributed by atoms with van der Waals surface area (Å²) in [5, 5.41) is 3.34. The number of fused-ring (bicyclic) bond motifs is 1. The van der Waals surface area contributed by atoms with E-state index in [0.717, 1.165) is 12.1 Å². The van der Waals surface area contributed by atoms with Gasteiger partial charge in [0.25, 0.3) is 0 Å². The van der Waals surface area contributed by atoms with Crippen molar-refractivity contribution in [3.63, 3.8) is 0 Å². The second kappa shape index (κ2) is 2.20. The molecule has 2 heteroatoms. The normalized spacial score (nSPS) is 41.2. The van der Waals surface area contributed by atoms with E-state index in [4.69, 9.17) is 0 Å². The minimum Gasteiger partial charge on any atom is -0.314 e. The van der Waals surface area contributed by atoms with Crippen molar-refractivity contribution in [2.75, 3.05) is 13.6 Å². The molecule has 2 atom stereocenters. The average Bonchev–Trinajstić information content (AvgIpc) is 2.30. The van der Waals surface area contributed by atoms with E-state index >= 15 is 0 Å². The Morgan fingerprint density at radius 3 is 2.27 bits per heavy atom. The SMILES string of the molecule is CNC(C)(C)CN1C2CCC21. The van der Waals surface area contributed by atoms with Gasteiger partial charge in [-0.15, -0.1) is 0 Å². The van der Waals surface area contributed by atoms with Crippen molar-refractivity contribution in [3.8, 4) is 0 Å². The van der Waals surface area contributed by atoms with Gasteiger partial charge in [0.1, 0.15) is 0 Å². The third-order valence-electron chi connectivity index (χ3n) is 3.22. The van der Waals surface area contributed by atoms with Gasteiger partial charge in [-0.3, -0.25) is 4.90 Å². The van der Waals surface area contributed by atoms with Crippen molar-refractivity contribution in [3.05, 3.63) is 0 Å². The monoisotopic (exact) mass is 154 g/mol. The fourth-order valence-corrected chi connectivity index (χ4v) is 1.96. The van der Waals surface area contributed by atoms with Crippen LogP contribution in [0.15, 0.2) is 0 Å². The summed E-state index contributed by atoms with van der Waals surface area (Å²) < 4.78 is 0. The van der Waals surface area contributed by atoms with Gasteiger partial charge in [-0.25, -0.2) is 0 Å². The Kier molecular flexibility index (Phi) is 1.52. The first kappa shape index (κ1) is 7.56. The molecule has 1 aliphatic heterocycles. The minimum atomic E-state index is 0.303. The van der Waals surface area contributed by atoms with E-state index in [9.17, 15) is 0 Å². The van der Waals surface area contributed by atoms with Crippen LogP contribution in [0.5, 0.6) is 0 Å². The first-order valence-corrected chi connectivity index (χ1v) is 4.59. The smallest absolute Gasteiger partial charge is 0.0256 e. The number of likely N-dealkylation sites (tertiary alicyclic amines) is 1. The highest BCUT2D eigenvalue weighted by molar-refractivity contribution is 5.12. The fraction of sp³-hybridized carbons (Fsp3) is 1.00. The Hall–Kier alpha value is -0.0800. The molecule has 2 nitrogen and oxygen atoms in total. The molecular formula is C9H18N2. The van der Waals surface area contributed by atoms with Crippen LogP contribution in [0.2, 0.25) is 0 Å². The summed E-state index contributed by atoms with van der Waals surface area (Å²) >= 11 is 0. The van der Waals surface area contributed by atoms with Crippen LogP contribution in [-0.4, -0.2) is 36.1 Å². The van der Waals surface area contributed by atoms with Crippen LogP contribution < -0.4 is 5.32 Å². The van der Waals surface area contributed by atoms with Crippen LogP contribution in [0.25, 0.3) is 0 Å². The van der Waals surface area contributed by atoms with Crippen LogP contribution in [0.1, 0.15) is 26.7 Å². The Balaban J connectivity index is 1.82. The summed E-state index contributed by atoms with van der Waals surface area (Å²) in [6.45, 7) is 5.76. The summed E-state index contributed by atoms with van der Waals surface area (Å²) in [5.41, 5.74) is 0.303. The van der Waals surface area contributed by atoms with Gasteiger partial charge in [-0.2, -0.15) is 0 Å². The topological polar surface area (TPSA) is 15.0 Å². The molecule has 0 aromatic rings. The molecule has 0 aromatic heterocycles. The van der Waals surface area contributed by atoms with Crippen molar-refractivity contribution in [1.82, 2.24) is 10.2 Å². The quantitative estimate of drug-likeness (QED) is 0.606. The summed E-state index contributed by atoms with van der Waals surface area (Å²) in [5.74, 6) is 0. The summed E-state index contributed by atoms with van der Waals surface area (Å²) in [7, 11) is 2.05. The maximum Gasteiger partial charge on any atom is 0.0256 e. The van der Waals surface area contributed by atoms with E-state index in [1.165, 1.54) is 19.4 Å². The molecule has 0 aromatic carbocycles. The van der Waals surface area contributed by atoms with Crippen molar-refractivity contribution < 1.29 is 0 Å². The fourth-order valence-electron chi connectivity index (χ4n) is 1.96. The van der Waals surface area contributed by atoms with Gasteiger partial charge < -0.3 is 5.32 Å². The first-order chi connectivity index (χ1) is 5.14. The molecule has 1 N–H and O–H groups in total. The number of rotatable bonds is 3. The Bertz CT molecular complexity index is 155. The van der Waals surface area contributed by atoms with Gasteiger partial charge in [-0.1, -0.05) is 0 Å². The molecule has 0 amide bonds. The standard InChI is InChI=1S/C9H18N2/c1-9(2,10-3)6-11-7-4-5-8(7)11/h7-8,10H,4-6H2,1-3H3. The summed E-state index contributed by atoms with van der Waals surface area (Å²) in [6.07, 6.45) is 2.90. The van der Waals surface area contributed by atoms with Crippen LogP contribution in [0.4, 0.5) is 0 Å². The van der Waals surface area contributed by atoms with E-state index in [0.29, 0.717) is 5.54 Å². The molecular weight excluding hydrogens is 136 g/mol. The molecule has 0 bridgehead atoms. The lowest BCUT2D eigenvalue weighted by Crippen LogP contribution is -2.43. The second-order valence-corrected chi connectivity index (χ2v) is 4.52. The highest BCUT2D eigenvalue weighted by Gasteiger charge is 2.55. The molecule has 1 saturated carbocycles. The number of nitrogens with one attached hydrogen (secondary N) is 1. The van der Waals surface area contributed by atoms with Gasteiger partial charge in [0.15, 0.2) is 0 Å². The zero-order valence-corrected chi connectivity index (χ0v) is 7.72. The molecule has 0 spiro atoms. The molecule has 1 heterocycles. The molecule has 1 saturated heterocycles. The number of nitrogens with zero attached hydrogens (tertiary/aromatic N) is 1. The van der Waals surface area contributed by atoms with Crippen molar-refractivity contribution >= 4 is 0 Å². The molecule has 2 unspecified atom stereocenters. The maximum atomic E-state index is 3.34. The molecule has 0 radical (unpaired) electrons. The van der Waals surface area contributed by atoms with Gasteiger partial charge in [0.2, 0.25) is 0 Å². The molecule has 1 aliphatic carbocycles. The largest absolute Gasteiger partial charge is 0.314 e. The highest BCUT2D eigenvalue weighted by Crippen LogP contribution is 2.45. The number of hydrogen-bond donors (Lipinski definition) is 1. The van der Waals surface area contributed by atoms with Crippen LogP contribution in [0.3, 0.4) is 0 Å². The molecule has 64 valence electrons. The zero-order chi connectivity index (χ0) is 8.06. The Labute approximate surface area is 69.0 Å². The van der Waals surface area contributed by atoms with Crippen molar-refractivity contribution in [2.24, 2.45) is 0 Å². The van der Waals surface area contributed by atoms with Crippen LogP contribution in [-0.2, 0) is 0 Å². The third kappa shape index (κ3) is 1.18. The number of likely N-dealkylation sites (N-methyl/N-ethyl adjacent to an activating group) is 1. The highest BCUT2D eigenvalue weighted by atomic mass is 15.4. The lowest BCUT2D eigenvalue weighted by atomic mass is 10.0. The Morgan fingerprint density at radius 1 is 1.36 bits per heavy atom. The lowest BCUT2D eigenvalue weighted by molar-refractivity contribution is 0.328. The number of hydrogen-bond acceptors (Lipinski definition) is 2. The molecule has 11 heavy (non-hydrogen) atoms. The Morgan fingerprint density at radius 2 is 1.91 bits per heavy atom.